The van der Waals surface area contributed by atoms with Gasteiger partial charge in [0.15, 0.2) is 0 Å². The zero-order valence-corrected chi connectivity index (χ0v) is 11.1. The number of rotatable bonds is 4. The summed E-state index contributed by atoms with van der Waals surface area (Å²) in [6.07, 6.45) is 0.956. The monoisotopic (exact) mass is 255 g/mol. The highest BCUT2D eigenvalue weighted by atomic mass is 16.5. The quantitative estimate of drug-likeness (QED) is 0.782. The first-order chi connectivity index (χ1) is 8.35. The molecule has 4 atom stereocenters. The van der Waals surface area contributed by atoms with E-state index in [2.05, 4.69) is 5.32 Å². The Balaban J connectivity index is 1.91. The predicted molar refractivity (Wildman–Crippen MR) is 64.9 cm³/mol. The number of nitrogens with one attached hydrogen (secondary N) is 1. The number of carboxylic acids is 1. The second-order valence-corrected chi connectivity index (χ2v) is 6.04. The Kier molecular flexibility index (Phi) is 3.36. The number of carbonyl (C=O) groups excluding carboxylic acids is 1. The van der Waals surface area contributed by atoms with Gasteiger partial charge in [0.1, 0.15) is 0 Å². The molecule has 0 radical (unpaired) electrons. The van der Waals surface area contributed by atoms with Crippen LogP contribution in [0.25, 0.3) is 0 Å². The van der Waals surface area contributed by atoms with Gasteiger partial charge in [-0.25, -0.2) is 0 Å². The van der Waals surface area contributed by atoms with E-state index in [4.69, 9.17) is 9.84 Å². The lowest BCUT2D eigenvalue weighted by atomic mass is 10.00. The normalized spacial score (nSPS) is 34.9. The van der Waals surface area contributed by atoms with Crippen molar-refractivity contribution < 1.29 is 19.4 Å². The van der Waals surface area contributed by atoms with E-state index in [1.54, 1.807) is 0 Å². The van der Waals surface area contributed by atoms with Gasteiger partial charge in [0.05, 0.1) is 18.4 Å². The van der Waals surface area contributed by atoms with Crippen molar-refractivity contribution in [3.8, 4) is 0 Å². The molecular weight excluding hydrogens is 234 g/mol. The minimum absolute atomic E-state index is 0.0471. The zero-order valence-electron chi connectivity index (χ0n) is 11.1. The van der Waals surface area contributed by atoms with Gasteiger partial charge in [-0.3, -0.25) is 9.59 Å². The molecule has 2 aliphatic rings. The molecule has 0 spiro atoms. The summed E-state index contributed by atoms with van der Waals surface area (Å²) in [4.78, 5) is 23.1. The molecule has 1 saturated heterocycles. The van der Waals surface area contributed by atoms with E-state index < -0.39 is 23.2 Å². The standard InChI is InChI=1S/C13H21NO4/c1-7(8-4-5-18-6-8)14-11(15)9-10(12(16)17)13(9,2)3/h7-10H,4-6H2,1-3H3,(H,14,15)(H,16,17). The molecule has 4 unspecified atom stereocenters. The van der Waals surface area contributed by atoms with Crippen molar-refractivity contribution in [2.75, 3.05) is 13.2 Å². The van der Waals surface area contributed by atoms with Crippen LogP contribution in [0.3, 0.4) is 0 Å². The van der Waals surface area contributed by atoms with Crippen LogP contribution in [0.1, 0.15) is 27.2 Å². The van der Waals surface area contributed by atoms with Gasteiger partial charge in [0.2, 0.25) is 5.91 Å². The Labute approximate surface area is 107 Å². The highest BCUT2D eigenvalue weighted by Crippen LogP contribution is 2.58. The average Bonchev–Trinajstić information content (AvgIpc) is 2.67. The van der Waals surface area contributed by atoms with Gasteiger partial charge in [-0.1, -0.05) is 13.8 Å². The van der Waals surface area contributed by atoms with E-state index >= 15 is 0 Å². The van der Waals surface area contributed by atoms with Crippen LogP contribution in [0.5, 0.6) is 0 Å². The number of carboxylic acid groups (broad SMARTS) is 1. The summed E-state index contributed by atoms with van der Waals surface area (Å²) in [5.74, 6) is -1.62. The minimum atomic E-state index is -0.878. The number of ether oxygens (including phenoxy) is 1. The summed E-state index contributed by atoms with van der Waals surface area (Å²) in [5, 5.41) is 12.0. The van der Waals surface area contributed by atoms with Crippen LogP contribution in [-0.4, -0.2) is 36.2 Å². The van der Waals surface area contributed by atoms with Crippen LogP contribution in [0.4, 0.5) is 0 Å². The highest BCUT2D eigenvalue weighted by molar-refractivity contribution is 5.91. The fourth-order valence-electron chi connectivity index (χ4n) is 2.97. The SMILES string of the molecule is CC(NC(=O)C1C(C(=O)O)C1(C)C)C1CCOC1. The number of hydrogen-bond acceptors (Lipinski definition) is 3. The molecule has 0 aromatic heterocycles. The summed E-state index contributed by atoms with van der Waals surface area (Å²) in [5.41, 5.74) is -0.429. The summed E-state index contributed by atoms with van der Waals surface area (Å²) in [6, 6.07) is 0.0471. The molecule has 1 aliphatic carbocycles. The molecule has 1 amide bonds. The van der Waals surface area contributed by atoms with Crippen molar-refractivity contribution in [2.45, 2.75) is 33.2 Å². The van der Waals surface area contributed by atoms with Crippen molar-refractivity contribution in [3.63, 3.8) is 0 Å². The molecular formula is C13H21NO4. The smallest absolute Gasteiger partial charge is 0.307 e. The van der Waals surface area contributed by atoms with Crippen LogP contribution < -0.4 is 5.32 Å². The Morgan fingerprint density at radius 1 is 1.39 bits per heavy atom. The summed E-state index contributed by atoms with van der Waals surface area (Å²) < 4.78 is 5.29. The maximum atomic E-state index is 12.1. The van der Waals surface area contributed by atoms with E-state index in [9.17, 15) is 9.59 Å². The van der Waals surface area contributed by atoms with Gasteiger partial charge in [-0.15, -0.1) is 0 Å². The molecule has 1 heterocycles. The third-order valence-corrected chi connectivity index (χ3v) is 4.42. The Morgan fingerprint density at radius 3 is 2.50 bits per heavy atom. The summed E-state index contributed by atoms with van der Waals surface area (Å²) >= 11 is 0. The third kappa shape index (κ3) is 2.23. The Morgan fingerprint density at radius 2 is 2.06 bits per heavy atom. The van der Waals surface area contributed by atoms with Crippen molar-refractivity contribution in [1.82, 2.24) is 5.32 Å². The Bertz CT molecular complexity index is 360. The maximum Gasteiger partial charge on any atom is 0.307 e. The van der Waals surface area contributed by atoms with Gasteiger partial charge in [-0.2, -0.15) is 0 Å². The van der Waals surface area contributed by atoms with Crippen molar-refractivity contribution in [1.29, 1.82) is 0 Å². The fourth-order valence-corrected chi connectivity index (χ4v) is 2.97. The van der Waals surface area contributed by atoms with E-state index in [0.29, 0.717) is 12.5 Å². The minimum Gasteiger partial charge on any atom is -0.481 e. The van der Waals surface area contributed by atoms with Crippen molar-refractivity contribution in [3.05, 3.63) is 0 Å². The van der Waals surface area contributed by atoms with Gasteiger partial charge >= 0.3 is 5.97 Å². The first-order valence-corrected chi connectivity index (χ1v) is 6.46. The topological polar surface area (TPSA) is 75.6 Å². The van der Waals surface area contributed by atoms with Crippen LogP contribution in [-0.2, 0) is 14.3 Å². The molecule has 2 rings (SSSR count). The van der Waals surface area contributed by atoms with Gasteiger partial charge in [0.25, 0.3) is 0 Å². The summed E-state index contributed by atoms with van der Waals surface area (Å²) in [7, 11) is 0. The predicted octanol–water partition coefficient (Wildman–Crippen LogP) is 0.884. The lowest BCUT2D eigenvalue weighted by molar-refractivity contribution is -0.140. The van der Waals surface area contributed by atoms with Gasteiger partial charge < -0.3 is 15.2 Å². The molecule has 1 aliphatic heterocycles. The molecule has 5 nitrogen and oxygen atoms in total. The van der Waals surface area contributed by atoms with E-state index in [-0.39, 0.29) is 11.9 Å². The lowest BCUT2D eigenvalue weighted by Crippen LogP contribution is -2.40. The average molecular weight is 255 g/mol. The first kappa shape index (κ1) is 13.3. The second-order valence-electron chi connectivity index (χ2n) is 6.04. The van der Waals surface area contributed by atoms with Gasteiger partial charge in [0, 0.05) is 18.6 Å². The van der Waals surface area contributed by atoms with E-state index in [1.165, 1.54) is 0 Å². The lowest BCUT2D eigenvalue weighted by Gasteiger charge is -2.19. The van der Waals surface area contributed by atoms with Gasteiger partial charge in [-0.05, 0) is 18.8 Å². The molecule has 1 saturated carbocycles. The number of aliphatic carboxylic acids is 1. The van der Waals surface area contributed by atoms with E-state index in [0.717, 1.165) is 13.0 Å². The van der Waals surface area contributed by atoms with Crippen LogP contribution in [0, 0.1) is 23.2 Å². The Hall–Kier alpha value is -1.10. The second kappa shape index (κ2) is 4.53. The highest BCUT2D eigenvalue weighted by Gasteiger charge is 2.66. The molecule has 0 bridgehead atoms. The molecule has 102 valence electrons. The molecule has 0 aromatic rings. The van der Waals surface area contributed by atoms with Crippen LogP contribution >= 0.6 is 0 Å². The third-order valence-electron chi connectivity index (χ3n) is 4.42. The molecule has 5 heteroatoms. The molecule has 0 aromatic carbocycles. The summed E-state index contributed by atoms with van der Waals surface area (Å²) in [6.45, 7) is 7.05. The maximum absolute atomic E-state index is 12.1. The van der Waals surface area contributed by atoms with Crippen molar-refractivity contribution in [2.24, 2.45) is 23.2 Å². The molecule has 18 heavy (non-hydrogen) atoms. The number of amides is 1. The fraction of sp³-hybridized carbons (Fsp3) is 0.846. The zero-order chi connectivity index (χ0) is 13.5. The number of hydrogen-bond donors (Lipinski definition) is 2. The van der Waals surface area contributed by atoms with Crippen LogP contribution in [0.15, 0.2) is 0 Å². The number of carbonyl (C=O) groups is 2. The largest absolute Gasteiger partial charge is 0.481 e. The van der Waals surface area contributed by atoms with Crippen molar-refractivity contribution >= 4 is 11.9 Å². The molecule has 2 fully saturated rings. The van der Waals surface area contributed by atoms with E-state index in [1.807, 2.05) is 20.8 Å². The van der Waals surface area contributed by atoms with Crippen LogP contribution in [0.2, 0.25) is 0 Å². The first-order valence-electron chi connectivity index (χ1n) is 6.46. The molecule has 2 N–H and O–H groups in total.